The van der Waals surface area contributed by atoms with Gasteiger partial charge in [-0.15, -0.1) is 0 Å². The normalized spacial score (nSPS) is 15.4. The van der Waals surface area contributed by atoms with Gasteiger partial charge in [0.1, 0.15) is 6.04 Å². The summed E-state index contributed by atoms with van der Waals surface area (Å²) in [6.07, 6.45) is 6.46. The van der Waals surface area contributed by atoms with Crippen molar-refractivity contribution in [3.8, 4) is 0 Å². The maximum Gasteiger partial charge on any atom is 0.243 e. The lowest BCUT2D eigenvalue weighted by atomic mass is 9.95. The number of carbonyl (C=O) groups excluding carboxylic acids is 2. The van der Waals surface area contributed by atoms with E-state index in [0.717, 1.165) is 36.8 Å². The lowest BCUT2D eigenvalue weighted by Gasteiger charge is -2.33. The Labute approximate surface area is 184 Å². The van der Waals surface area contributed by atoms with Crippen LogP contribution < -0.4 is 5.32 Å². The predicted molar refractivity (Wildman–Crippen MR) is 121 cm³/mol. The standard InChI is InChI=1S/C25H31ClN2O2/c1-2-23(25(30)27-22-11-7-4-8-12-22)28(18-20-13-15-21(26)16-14-20)24(29)17-19-9-5-3-6-10-19/h3,5-6,9-10,13-16,22-23H,2,4,7-8,11-12,17-18H2,1H3,(H,27,30)/t23-/m1/s1. The molecule has 0 heterocycles. The van der Waals surface area contributed by atoms with Gasteiger partial charge in [0.2, 0.25) is 11.8 Å². The lowest BCUT2D eigenvalue weighted by Crippen LogP contribution is -2.51. The van der Waals surface area contributed by atoms with E-state index in [-0.39, 0.29) is 24.3 Å². The molecule has 160 valence electrons. The Kier molecular flexibility index (Phi) is 8.32. The van der Waals surface area contributed by atoms with Crippen molar-refractivity contribution in [3.05, 3.63) is 70.7 Å². The van der Waals surface area contributed by atoms with E-state index in [0.29, 0.717) is 18.0 Å². The van der Waals surface area contributed by atoms with Gasteiger partial charge in [-0.2, -0.15) is 0 Å². The average Bonchev–Trinajstić information content (AvgIpc) is 2.76. The van der Waals surface area contributed by atoms with Gasteiger partial charge >= 0.3 is 0 Å². The molecule has 0 spiro atoms. The van der Waals surface area contributed by atoms with E-state index < -0.39 is 6.04 Å². The first-order valence-electron chi connectivity index (χ1n) is 10.9. The highest BCUT2D eigenvalue weighted by molar-refractivity contribution is 6.30. The van der Waals surface area contributed by atoms with Gasteiger partial charge in [0, 0.05) is 17.6 Å². The van der Waals surface area contributed by atoms with Crippen molar-refractivity contribution in [3.63, 3.8) is 0 Å². The van der Waals surface area contributed by atoms with E-state index >= 15 is 0 Å². The Morgan fingerprint density at radius 2 is 1.67 bits per heavy atom. The molecule has 1 aliphatic carbocycles. The number of amides is 2. The Bertz CT molecular complexity index is 817. The molecule has 0 aromatic heterocycles. The quantitative estimate of drug-likeness (QED) is 0.635. The zero-order valence-corrected chi connectivity index (χ0v) is 18.4. The number of hydrogen-bond acceptors (Lipinski definition) is 2. The second kappa shape index (κ2) is 11.2. The number of halogens is 1. The van der Waals surface area contributed by atoms with Crippen molar-refractivity contribution in [1.82, 2.24) is 10.2 Å². The van der Waals surface area contributed by atoms with Crippen LogP contribution in [0.5, 0.6) is 0 Å². The first kappa shape index (κ1) is 22.4. The molecule has 0 radical (unpaired) electrons. The molecular weight excluding hydrogens is 396 g/mol. The highest BCUT2D eigenvalue weighted by Gasteiger charge is 2.30. The van der Waals surface area contributed by atoms with Crippen molar-refractivity contribution in [2.45, 2.75) is 70.5 Å². The fourth-order valence-corrected chi connectivity index (χ4v) is 4.25. The number of benzene rings is 2. The van der Waals surface area contributed by atoms with Gasteiger partial charge in [0.15, 0.2) is 0 Å². The third-order valence-corrected chi connectivity index (χ3v) is 6.05. The predicted octanol–water partition coefficient (Wildman–Crippen LogP) is 5.14. The molecule has 1 fully saturated rings. The van der Waals surface area contributed by atoms with Crippen LogP contribution in [-0.4, -0.2) is 28.8 Å². The lowest BCUT2D eigenvalue weighted by molar-refractivity contribution is -0.141. The smallest absolute Gasteiger partial charge is 0.243 e. The van der Waals surface area contributed by atoms with E-state index in [9.17, 15) is 9.59 Å². The fraction of sp³-hybridized carbons (Fsp3) is 0.440. The molecule has 1 N–H and O–H groups in total. The van der Waals surface area contributed by atoms with E-state index in [4.69, 9.17) is 11.6 Å². The summed E-state index contributed by atoms with van der Waals surface area (Å²) in [5.74, 6) is -0.0819. The van der Waals surface area contributed by atoms with Crippen molar-refractivity contribution >= 4 is 23.4 Å². The molecule has 1 atom stereocenters. The minimum atomic E-state index is -0.487. The van der Waals surface area contributed by atoms with Crippen molar-refractivity contribution < 1.29 is 9.59 Å². The van der Waals surface area contributed by atoms with Crippen LogP contribution in [0.2, 0.25) is 5.02 Å². The minimum Gasteiger partial charge on any atom is -0.352 e. The maximum absolute atomic E-state index is 13.3. The summed E-state index contributed by atoms with van der Waals surface area (Å²) in [6, 6.07) is 16.9. The Balaban J connectivity index is 1.78. The number of nitrogens with zero attached hydrogens (tertiary/aromatic N) is 1. The van der Waals surface area contributed by atoms with Gasteiger partial charge in [0.25, 0.3) is 0 Å². The zero-order chi connectivity index (χ0) is 21.3. The average molecular weight is 427 g/mol. The van der Waals surface area contributed by atoms with Crippen LogP contribution in [0.15, 0.2) is 54.6 Å². The first-order chi connectivity index (χ1) is 14.6. The van der Waals surface area contributed by atoms with Crippen LogP contribution in [0, 0.1) is 0 Å². The molecule has 1 saturated carbocycles. The van der Waals surface area contributed by atoms with Gasteiger partial charge in [-0.3, -0.25) is 9.59 Å². The SMILES string of the molecule is CC[C@H](C(=O)NC1CCCCC1)N(Cc1ccc(Cl)cc1)C(=O)Cc1ccccc1. The molecule has 30 heavy (non-hydrogen) atoms. The van der Waals surface area contributed by atoms with Gasteiger partial charge in [0.05, 0.1) is 6.42 Å². The van der Waals surface area contributed by atoms with Crippen LogP contribution in [-0.2, 0) is 22.6 Å². The van der Waals surface area contributed by atoms with E-state index in [1.807, 2.05) is 61.5 Å². The van der Waals surface area contributed by atoms with Gasteiger partial charge < -0.3 is 10.2 Å². The molecule has 2 amide bonds. The summed E-state index contributed by atoms with van der Waals surface area (Å²) >= 11 is 6.02. The number of carbonyl (C=O) groups is 2. The Morgan fingerprint density at radius 3 is 2.30 bits per heavy atom. The summed E-state index contributed by atoms with van der Waals surface area (Å²) in [6.45, 7) is 2.36. The molecular formula is C25H31ClN2O2. The second-order valence-electron chi connectivity index (χ2n) is 8.08. The van der Waals surface area contributed by atoms with Crippen LogP contribution in [0.1, 0.15) is 56.6 Å². The zero-order valence-electron chi connectivity index (χ0n) is 17.6. The van der Waals surface area contributed by atoms with Gasteiger partial charge in [-0.1, -0.05) is 80.3 Å². The highest BCUT2D eigenvalue weighted by atomic mass is 35.5. The summed E-state index contributed by atoms with van der Waals surface area (Å²) in [5, 5.41) is 3.87. The van der Waals surface area contributed by atoms with Crippen LogP contribution in [0.25, 0.3) is 0 Å². The van der Waals surface area contributed by atoms with Crippen LogP contribution in [0.3, 0.4) is 0 Å². The van der Waals surface area contributed by atoms with Crippen molar-refractivity contribution in [2.75, 3.05) is 0 Å². The Hall–Kier alpha value is -2.33. The molecule has 2 aromatic carbocycles. The topological polar surface area (TPSA) is 49.4 Å². The molecule has 5 heteroatoms. The molecule has 0 bridgehead atoms. The monoisotopic (exact) mass is 426 g/mol. The Morgan fingerprint density at radius 1 is 1.00 bits per heavy atom. The maximum atomic E-state index is 13.3. The van der Waals surface area contributed by atoms with E-state index in [2.05, 4.69) is 5.32 Å². The second-order valence-corrected chi connectivity index (χ2v) is 8.51. The highest BCUT2D eigenvalue weighted by Crippen LogP contribution is 2.20. The molecule has 2 aromatic rings. The molecule has 3 rings (SSSR count). The van der Waals surface area contributed by atoms with Gasteiger partial charge in [-0.25, -0.2) is 0 Å². The van der Waals surface area contributed by atoms with Crippen LogP contribution >= 0.6 is 11.6 Å². The molecule has 0 aliphatic heterocycles. The van der Waals surface area contributed by atoms with Crippen LogP contribution in [0.4, 0.5) is 0 Å². The third-order valence-electron chi connectivity index (χ3n) is 5.80. The summed E-state index contributed by atoms with van der Waals surface area (Å²) in [4.78, 5) is 28.2. The number of nitrogens with one attached hydrogen (secondary N) is 1. The van der Waals surface area contributed by atoms with Gasteiger partial charge in [-0.05, 0) is 42.5 Å². The van der Waals surface area contributed by atoms with Crippen molar-refractivity contribution in [1.29, 1.82) is 0 Å². The summed E-state index contributed by atoms with van der Waals surface area (Å²) < 4.78 is 0. The summed E-state index contributed by atoms with van der Waals surface area (Å²) in [7, 11) is 0. The van der Waals surface area contributed by atoms with E-state index in [1.54, 1.807) is 4.90 Å². The minimum absolute atomic E-state index is 0.0400. The number of hydrogen-bond donors (Lipinski definition) is 1. The largest absolute Gasteiger partial charge is 0.352 e. The summed E-state index contributed by atoms with van der Waals surface area (Å²) in [5.41, 5.74) is 1.91. The fourth-order valence-electron chi connectivity index (χ4n) is 4.12. The van der Waals surface area contributed by atoms with Crippen molar-refractivity contribution in [2.24, 2.45) is 0 Å². The first-order valence-corrected chi connectivity index (χ1v) is 11.3. The molecule has 0 saturated heterocycles. The third kappa shape index (κ3) is 6.33. The molecule has 0 unspecified atom stereocenters. The molecule has 1 aliphatic rings. The molecule has 4 nitrogen and oxygen atoms in total. The number of rotatable bonds is 8. The van der Waals surface area contributed by atoms with E-state index in [1.165, 1.54) is 6.42 Å².